The van der Waals surface area contributed by atoms with Gasteiger partial charge in [0.1, 0.15) is 18.5 Å². The van der Waals surface area contributed by atoms with Gasteiger partial charge >= 0.3 is 0 Å². The average Bonchev–Trinajstić information content (AvgIpc) is 2.35. The van der Waals surface area contributed by atoms with E-state index in [9.17, 15) is 5.11 Å². The third-order valence-corrected chi connectivity index (χ3v) is 2.66. The van der Waals surface area contributed by atoms with Crippen LogP contribution in [0.2, 0.25) is 0 Å². The Morgan fingerprint density at radius 1 is 1.22 bits per heavy atom. The lowest BCUT2D eigenvalue weighted by molar-refractivity contribution is 0.0766. The fraction of sp³-hybridized carbons (Fsp3) is 0.286. The van der Waals surface area contributed by atoms with E-state index in [0.29, 0.717) is 6.54 Å². The topological polar surface area (TPSA) is 58.7 Å². The zero-order valence-electron chi connectivity index (χ0n) is 10.4. The summed E-state index contributed by atoms with van der Waals surface area (Å²) in [7, 11) is 1.71. The highest BCUT2D eigenvalue weighted by atomic mass is 16.5. The lowest BCUT2D eigenvalue weighted by atomic mass is 10.1. The van der Waals surface area contributed by atoms with Gasteiger partial charge in [0.15, 0.2) is 0 Å². The summed E-state index contributed by atoms with van der Waals surface area (Å²) in [6.07, 6.45) is -0.591. The SMILES string of the molecule is CN(N)CC(O)COc1ccc2ccccc2c1. The summed E-state index contributed by atoms with van der Waals surface area (Å²) in [5.74, 6) is 6.21. The number of likely N-dealkylation sites (N-methyl/N-ethyl adjacent to an activating group) is 1. The Bertz CT molecular complexity index is 514. The second kappa shape index (κ2) is 5.82. The summed E-state index contributed by atoms with van der Waals surface area (Å²) >= 11 is 0. The fourth-order valence-corrected chi connectivity index (χ4v) is 1.83. The maximum Gasteiger partial charge on any atom is 0.120 e. The predicted octanol–water partition coefficient (Wildman–Crippen LogP) is 1.39. The second-order valence-corrected chi connectivity index (χ2v) is 4.41. The van der Waals surface area contributed by atoms with Crippen molar-refractivity contribution in [2.75, 3.05) is 20.2 Å². The molecule has 2 aromatic rings. The monoisotopic (exact) mass is 246 g/mol. The van der Waals surface area contributed by atoms with Gasteiger partial charge in [0, 0.05) is 13.6 Å². The molecule has 0 aliphatic carbocycles. The van der Waals surface area contributed by atoms with Crippen molar-refractivity contribution in [1.82, 2.24) is 5.01 Å². The molecule has 2 rings (SSSR count). The van der Waals surface area contributed by atoms with E-state index in [1.54, 1.807) is 7.05 Å². The normalized spacial score (nSPS) is 12.9. The van der Waals surface area contributed by atoms with E-state index in [1.807, 2.05) is 36.4 Å². The van der Waals surface area contributed by atoms with Crippen molar-refractivity contribution in [3.05, 3.63) is 42.5 Å². The van der Waals surface area contributed by atoms with Gasteiger partial charge in [-0.2, -0.15) is 0 Å². The van der Waals surface area contributed by atoms with Crippen molar-refractivity contribution in [3.63, 3.8) is 0 Å². The van der Waals surface area contributed by atoms with Gasteiger partial charge in [0.25, 0.3) is 0 Å². The molecule has 96 valence electrons. The van der Waals surface area contributed by atoms with E-state index in [0.717, 1.165) is 11.1 Å². The summed E-state index contributed by atoms with van der Waals surface area (Å²) in [5.41, 5.74) is 0. The molecule has 3 N–H and O–H groups in total. The number of ether oxygens (including phenoxy) is 1. The molecule has 18 heavy (non-hydrogen) atoms. The summed E-state index contributed by atoms with van der Waals surface area (Å²) in [6, 6.07) is 14.0. The summed E-state index contributed by atoms with van der Waals surface area (Å²) in [4.78, 5) is 0. The van der Waals surface area contributed by atoms with Crippen molar-refractivity contribution in [3.8, 4) is 5.75 Å². The van der Waals surface area contributed by atoms with Crippen molar-refractivity contribution < 1.29 is 9.84 Å². The molecule has 0 aromatic heterocycles. The third kappa shape index (κ3) is 3.43. The maximum atomic E-state index is 9.65. The van der Waals surface area contributed by atoms with Crippen LogP contribution in [0.1, 0.15) is 0 Å². The molecule has 0 heterocycles. The molecule has 4 nitrogen and oxygen atoms in total. The van der Waals surface area contributed by atoms with Crippen LogP contribution in [0.25, 0.3) is 10.8 Å². The number of hydrogen-bond acceptors (Lipinski definition) is 4. The summed E-state index contributed by atoms with van der Waals surface area (Å²) < 4.78 is 5.54. The zero-order valence-corrected chi connectivity index (χ0v) is 10.4. The van der Waals surface area contributed by atoms with E-state index in [1.165, 1.54) is 10.4 Å². The highest BCUT2D eigenvalue weighted by molar-refractivity contribution is 5.83. The number of hydrazine groups is 1. The van der Waals surface area contributed by atoms with Crippen LogP contribution in [-0.4, -0.2) is 36.4 Å². The minimum absolute atomic E-state index is 0.236. The van der Waals surface area contributed by atoms with Crippen molar-refractivity contribution in [2.45, 2.75) is 6.10 Å². The molecule has 0 radical (unpaired) electrons. The predicted molar refractivity (Wildman–Crippen MR) is 72.3 cm³/mol. The number of hydrogen-bond donors (Lipinski definition) is 2. The molecule has 4 heteroatoms. The fourth-order valence-electron chi connectivity index (χ4n) is 1.83. The smallest absolute Gasteiger partial charge is 0.120 e. The zero-order chi connectivity index (χ0) is 13.0. The third-order valence-electron chi connectivity index (χ3n) is 2.66. The first-order valence-corrected chi connectivity index (χ1v) is 5.90. The summed E-state index contributed by atoms with van der Waals surface area (Å²) in [5, 5.41) is 13.4. The Morgan fingerprint density at radius 3 is 2.67 bits per heavy atom. The number of aliphatic hydroxyl groups is 1. The molecule has 0 saturated heterocycles. The van der Waals surface area contributed by atoms with E-state index in [-0.39, 0.29) is 6.61 Å². The van der Waals surface area contributed by atoms with Crippen molar-refractivity contribution in [1.29, 1.82) is 0 Å². The Labute approximate surface area is 107 Å². The quantitative estimate of drug-likeness (QED) is 0.618. The highest BCUT2D eigenvalue weighted by Gasteiger charge is 2.07. The van der Waals surface area contributed by atoms with Gasteiger partial charge in [-0.3, -0.25) is 5.84 Å². The number of aliphatic hydroxyl groups excluding tert-OH is 1. The Balaban J connectivity index is 1.99. The number of fused-ring (bicyclic) bond motifs is 1. The van der Waals surface area contributed by atoms with Crippen LogP contribution in [0.15, 0.2) is 42.5 Å². The lowest BCUT2D eigenvalue weighted by Crippen LogP contribution is -2.37. The first kappa shape index (κ1) is 12.8. The van der Waals surface area contributed by atoms with E-state index in [4.69, 9.17) is 10.6 Å². The van der Waals surface area contributed by atoms with Gasteiger partial charge in [0.2, 0.25) is 0 Å². The number of nitrogens with two attached hydrogens (primary N) is 1. The van der Waals surface area contributed by atoms with Crippen molar-refractivity contribution in [2.24, 2.45) is 5.84 Å². The van der Waals surface area contributed by atoms with Crippen LogP contribution in [0.3, 0.4) is 0 Å². The van der Waals surface area contributed by atoms with Crippen molar-refractivity contribution >= 4 is 10.8 Å². The number of nitrogens with zero attached hydrogens (tertiary/aromatic N) is 1. The second-order valence-electron chi connectivity index (χ2n) is 4.41. The summed E-state index contributed by atoms with van der Waals surface area (Å²) in [6.45, 7) is 0.619. The number of rotatable bonds is 5. The van der Waals surface area contributed by atoms with Crippen LogP contribution in [0.5, 0.6) is 5.75 Å². The molecule has 2 aromatic carbocycles. The molecule has 0 aliphatic heterocycles. The molecule has 1 unspecified atom stereocenters. The van der Waals surface area contributed by atoms with Crippen LogP contribution in [0.4, 0.5) is 0 Å². The average molecular weight is 246 g/mol. The number of benzene rings is 2. The van der Waals surface area contributed by atoms with E-state index in [2.05, 4.69) is 6.07 Å². The van der Waals surface area contributed by atoms with Gasteiger partial charge in [-0.1, -0.05) is 30.3 Å². The first-order chi connectivity index (χ1) is 8.65. The highest BCUT2D eigenvalue weighted by Crippen LogP contribution is 2.20. The van der Waals surface area contributed by atoms with E-state index >= 15 is 0 Å². The van der Waals surface area contributed by atoms with Crippen LogP contribution in [-0.2, 0) is 0 Å². The molecular weight excluding hydrogens is 228 g/mol. The van der Waals surface area contributed by atoms with Crippen LogP contribution < -0.4 is 10.6 Å². The molecule has 0 bridgehead atoms. The minimum atomic E-state index is -0.591. The lowest BCUT2D eigenvalue weighted by Gasteiger charge is -2.16. The van der Waals surface area contributed by atoms with Gasteiger partial charge in [-0.05, 0) is 22.9 Å². The largest absolute Gasteiger partial charge is 0.491 e. The van der Waals surface area contributed by atoms with Gasteiger partial charge in [-0.25, -0.2) is 5.01 Å². The van der Waals surface area contributed by atoms with Crippen LogP contribution >= 0.6 is 0 Å². The van der Waals surface area contributed by atoms with Crippen LogP contribution in [0, 0.1) is 0 Å². The molecule has 0 fully saturated rings. The molecule has 0 aliphatic rings. The van der Waals surface area contributed by atoms with E-state index < -0.39 is 6.10 Å². The molecule has 0 amide bonds. The maximum absolute atomic E-state index is 9.65. The minimum Gasteiger partial charge on any atom is -0.491 e. The molecule has 0 spiro atoms. The molecule has 0 saturated carbocycles. The molecule has 1 atom stereocenters. The Morgan fingerprint density at radius 2 is 1.94 bits per heavy atom. The Kier molecular flexibility index (Phi) is 4.15. The first-order valence-electron chi connectivity index (χ1n) is 5.90. The standard InChI is InChI=1S/C14H18N2O2/c1-16(15)9-13(17)10-18-14-7-6-11-4-2-3-5-12(11)8-14/h2-8,13,17H,9-10,15H2,1H3. The van der Waals surface area contributed by atoms with Gasteiger partial charge in [0.05, 0.1) is 0 Å². The van der Waals surface area contributed by atoms with Gasteiger partial charge < -0.3 is 9.84 Å². The Hall–Kier alpha value is -1.62. The van der Waals surface area contributed by atoms with Gasteiger partial charge in [-0.15, -0.1) is 0 Å². The molecular formula is C14H18N2O2.